The van der Waals surface area contributed by atoms with Crippen LogP contribution < -0.4 is 10.2 Å². The number of anilines is 1. The number of nitrogens with one attached hydrogen (secondary N) is 1. The van der Waals surface area contributed by atoms with Crippen LogP contribution in [-0.4, -0.2) is 30.2 Å². The van der Waals surface area contributed by atoms with Gasteiger partial charge in [0.1, 0.15) is 6.54 Å². The second-order valence-corrected chi connectivity index (χ2v) is 7.69. The molecule has 1 aliphatic carbocycles. The molecule has 23 heavy (non-hydrogen) atoms. The standard InChI is InChI=1S/C18H24N2O2S/c1-12-6-5-7-14(13(12)2)19-17(21)10-20-15-8-3-4-9-16(15)23-11-18(20)22/h3-4,8-9,12-14H,5-7,10-11H2,1-2H3,(H,19,21)/t12-,13+,14-/m1/s1. The zero-order valence-corrected chi connectivity index (χ0v) is 14.6. The van der Waals surface area contributed by atoms with Crippen LogP contribution in [0.15, 0.2) is 29.2 Å². The lowest BCUT2D eigenvalue weighted by Crippen LogP contribution is -2.49. The van der Waals surface area contributed by atoms with Gasteiger partial charge < -0.3 is 10.2 Å². The number of benzene rings is 1. The molecule has 1 aliphatic heterocycles. The van der Waals surface area contributed by atoms with E-state index in [1.165, 1.54) is 12.8 Å². The third kappa shape index (κ3) is 3.55. The minimum atomic E-state index is -0.0500. The van der Waals surface area contributed by atoms with Gasteiger partial charge in [-0.3, -0.25) is 9.59 Å². The Bertz CT molecular complexity index is 604. The Kier molecular flexibility index (Phi) is 4.95. The van der Waals surface area contributed by atoms with Crippen LogP contribution in [0.2, 0.25) is 0 Å². The molecule has 2 aliphatic rings. The highest BCUT2D eigenvalue weighted by molar-refractivity contribution is 8.00. The molecular formula is C18H24N2O2S. The maximum atomic E-state index is 12.5. The third-order valence-corrected chi connectivity index (χ3v) is 6.21. The van der Waals surface area contributed by atoms with Crippen LogP contribution in [0, 0.1) is 11.8 Å². The molecule has 0 spiro atoms. The minimum absolute atomic E-state index is 0.00825. The van der Waals surface area contributed by atoms with Crippen LogP contribution in [0.3, 0.4) is 0 Å². The molecular weight excluding hydrogens is 308 g/mol. The van der Waals surface area contributed by atoms with E-state index in [2.05, 4.69) is 19.2 Å². The number of rotatable bonds is 3. The van der Waals surface area contributed by atoms with Crippen molar-refractivity contribution in [2.75, 3.05) is 17.2 Å². The quantitative estimate of drug-likeness (QED) is 0.925. The molecule has 0 bridgehead atoms. The molecule has 5 heteroatoms. The summed E-state index contributed by atoms with van der Waals surface area (Å²) in [6, 6.07) is 8.02. The predicted molar refractivity (Wildman–Crippen MR) is 93.6 cm³/mol. The van der Waals surface area contributed by atoms with Crippen molar-refractivity contribution in [3.05, 3.63) is 24.3 Å². The highest BCUT2D eigenvalue weighted by Crippen LogP contribution is 2.35. The van der Waals surface area contributed by atoms with Crippen molar-refractivity contribution in [2.45, 2.75) is 44.0 Å². The predicted octanol–water partition coefficient (Wildman–Crippen LogP) is 3.07. The fraction of sp³-hybridized carbons (Fsp3) is 0.556. The van der Waals surface area contributed by atoms with Gasteiger partial charge in [-0.05, 0) is 30.4 Å². The fourth-order valence-electron chi connectivity index (χ4n) is 3.51. The van der Waals surface area contributed by atoms with Crippen molar-refractivity contribution in [1.29, 1.82) is 0 Å². The molecule has 0 aromatic heterocycles. The number of para-hydroxylation sites is 1. The van der Waals surface area contributed by atoms with E-state index in [0.717, 1.165) is 17.0 Å². The Balaban J connectivity index is 1.67. The van der Waals surface area contributed by atoms with E-state index in [1.807, 2.05) is 24.3 Å². The number of amides is 2. The van der Waals surface area contributed by atoms with E-state index in [-0.39, 0.29) is 24.4 Å². The van der Waals surface area contributed by atoms with E-state index in [0.29, 0.717) is 17.6 Å². The molecule has 0 radical (unpaired) electrons. The van der Waals surface area contributed by atoms with Gasteiger partial charge in [0.25, 0.3) is 0 Å². The lowest BCUT2D eigenvalue weighted by atomic mass is 9.78. The second-order valence-electron chi connectivity index (χ2n) is 6.68. The number of nitrogens with zero attached hydrogens (tertiary/aromatic N) is 1. The monoisotopic (exact) mass is 332 g/mol. The molecule has 1 aromatic carbocycles. The first-order valence-corrected chi connectivity index (χ1v) is 9.36. The van der Waals surface area contributed by atoms with Crippen molar-refractivity contribution in [2.24, 2.45) is 11.8 Å². The van der Waals surface area contributed by atoms with Crippen LogP contribution in [0.1, 0.15) is 33.1 Å². The summed E-state index contributed by atoms with van der Waals surface area (Å²) in [5.41, 5.74) is 0.856. The molecule has 1 N–H and O–H groups in total. The number of hydrogen-bond donors (Lipinski definition) is 1. The van der Waals surface area contributed by atoms with Crippen molar-refractivity contribution >= 4 is 29.3 Å². The topological polar surface area (TPSA) is 49.4 Å². The largest absolute Gasteiger partial charge is 0.352 e. The van der Waals surface area contributed by atoms with Gasteiger partial charge in [0, 0.05) is 10.9 Å². The van der Waals surface area contributed by atoms with Gasteiger partial charge in [0.15, 0.2) is 0 Å². The zero-order chi connectivity index (χ0) is 16.4. The van der Waals surface area contributed by atoms with Crippen LogP contribution in [0.5, 0.6) is 0 Å². The average molecular weight is 332 g/mol. The molecule has 2 amide bonds. The number of carbonyl (C=O) groups excluding carboxylic acids is 2. The molecule has 4 nitrogen and oxygen atoms in total. The Morgan fingerprint density at radius 1 is 1.30 bits per heavy atom. The fourth-order valence-corrected chi connectivity index (χ4v) is 4.44. The molecule has 1 fully saturated rings. The van der Waals surface area contributed by atoms with E-state index >= 15 is 0 Å². The van der Waals surface area contributed by atoms with Crippen molar-refractivity contribution in [1.82, 2.24) is 5.32 Å². The Hall–Kier alpha value is -1.49. The van der Waals surface area contributed by atoms with E-state index in [4.69, 9.17) is 0 Å². The number of hydrogen-bond acceptors (Lipinski definition) is 3. The van der Waals surface area contributed by atoms with Crippen LogP contribution >= 0.6 is 11.8 Å². The van der Waals surface area contributed by atoms with Gasteiger partial charge in [0.2, 0.25) is 11.8 Å². The first kappa shape index (κ1) is 16.4. The van der Waals surface area contributed by atoms with Gasteiger partial charge in [0.05, 0.1) is 11.4 Å². The maximum absolute atomic E-state index is 12.5. The Labute approximate surface area is 142 Å². The zero-order valence-electron chi connectivity index (χ0n) is 13.7. The van der Waals surface area contributed by atoms with Crippen LogP contribution in [0.25, 0.3) is 0 Å². The molecule has 124 valence electrons. The number of carbonyl (C=O) groups is 2. The van der Waals surface area contributed by atoms with Crippen molar-refractivity contribution < 1.29 is 9.59 Å². The van der Waals surface area contributed by atoms with Gasteiger partial charge >= 0.3 is 0 Å². The summed E-state index contributed by atoms with van der Waals surface area (Å²) in [6.07, 6.45) is 3.44. The first-order chi connectivity index (χ1) is 11.1. The van der Waals surface area contributed by atoms with E-state index in [9.17, 15) is 9.59 Å². The summed E-state index contributed by atoms with van der Waals surface area (Å²) in [7, 11) is 0. The number of fused-ring (bicyclic) bond motifs is 1. The summed E-state index contributed by atoms with van der Waals surface area (Å²) in [5.74, 6) is 1.50. The molecule has 1 saturated carbocycles. The molecule has 3 rings (SSSR count). The smallest absolute Gasteiger partial charge is 0.240 e. The van der Waals surface area contributed by atoms with E-state index in [1.54, 1.807) is 16.7 Å². The lowest BCUT2D eigenvalue weighted by molar-refractivity contribution is -0.124. The number of thioether (sulfide) groups is 1. The molecule has 0 unspecified atom stereocenters. The summed E-state index contributed by atoms with van der Waals surface area (Å²) >= 11 is 1.54. The highest BCUT2D eigenvalue weighted by atomic mass is 32.2. The third-order valence-electron chi connectivity index (χ3n) is 5.16. The Morgan fingerprint density at radius 3 is 2.91 bits per heavy atom. The first-order valence-electron chi connectivity index (χ1n) is 8.38. The Morgan fingerprint density at radius 2 is 2.09 bits per heavy atom. The SMILES string of the molecule is C[C@H]1[C@H](C)CCC[C@H]1NC(=O)CN1C(=O)CSc2ccccc21. The van der Waals surface area contributed by atoms with Gasteiger partial charge in [-0.15, -0.1) is 11.8 Å². The van der Waals surface area contributed by atoms with Gasteiger partial charge in [-0.1, -0.05) is 38.8 Å². The molecule has 0 saturated heterocycles. The van der Waals surface area contributed by atoms with Crippen LogP contribution in [0.4, 0.5) is 5.69 Å². The van der Waals surface area contributed by atoms with Gasteiger partial charge in [-0.25, -0.2) is 0 Å². The second kappa shape index (κ2) is 6.95. The summed E-state index contributed by atoms with van der Waals surface area (Å²) < 4.78 is 0. The van der Waals surface area contributed by atoms with E-state index < -0.39 is 0 Å². The maximum Gasteiger partial charge on any atom is 0.240 e. The highest BCUT2D eigenvalue weighted by Gasteiger charge is 2.30. The minimum Gasteiger partial charge on any atom is -0.352 e. The van der Waals surface area contributed by atoms with Crippen LogP contribution in [-0.2, 0) is 9.59 Å². The van der Waals surface area contributed by atoms with Gasteiger partial charge in [-0.2, -0.15) is 0 Å². The summed E-state index contributed by atoms with van der Waals surface area (Å²) in [6.45, 7) is 4.59. The molecule has 1 aromatic rings. The summed E-state index contributed by atoms with van der Waals surface area (Å²) in [4.78, 5) is 27.4. The van der Waals surface area contributed by atoms with Crippen molar-refractivity contribution in [3.63, 3.8) is 0 Å². The van der Waals surface area contributed by atoms with Crippen molar-refractivity contribution in [3.8, 4) is 0 Å². The average Bonchev–Trinajstić information content (AvgIpc) is 2.54. The molecule has 3 atom stereocenters. The molecule has 1 heterocycles. The summed E-state index contributed by atoms with van der Waals surface area (Å²) in [5, 5.41) is 3.16. The lowest BCUT2D eigenvalue weighted by Gasteiger charge is -2.35. The normalized spacial score (nSPS) is 27.5.